The first-order valence-corrected chi connectivity index (χ1v) is 12.2. The normalized spacial score (nSPS) is 17.7. The fraction of sp³-hybridized carbons (Fsp3) is 1.00. The van der Waals surface area contributed by atoms with Crippen molar-refractivity contribution in [2.75, 3.05) is 0 Å². The second-order valence-electron chi connectivity index (χ2n) is 6.61. The van der Waals surface area contributed by atoms with E-state index in [2.05, 4.69) is 55.4 Å². The van der Waals surface area contributed by atoms with E-state index in [0.717, 1.165) is 19.1 Å². The summed E-state index contributed by atoms with van der Waals surface area (Å²) in [7, 11) is 0. The fourth-order valence-electron chi connectivity index (χ4n) is 2.77. The van der Waals surface area contributed by atoms with Gasteiger partial charge in [-0.25, -0.2) is 0 Å². The first-order valence-electron chi connectivity index (χ1n) is 8.58. The average molecular weight is 298 g/mol. The zero-order chi connectivity index (χ0) is 15.0. The highest BCUT2D eigenvalue weighted by molar-refractivity contribution is 6.69. The third kappa shape index (κ3) is 6.55. The molecule has 112 valence electrons. The highest BCUT2D eigenvalue weighted by atomic mass is 27.3. The Kier molecular flexibility index (Phi) is 11.3. The fourth-order valence-corrected chi connectivity index (χ4v) is 12.6. The van der Waals surface area contributed by atoms with Gasteiger partial charge in [0.15, 0.2) is 0 Å². The molecular formula is C16H36Al2O. The molecular weight excluding hydrogens is 262 g/mol. The maximum atomic E-state index is 6.94. The van der Waals surface area contributed by atoms with Crippen LogP contribution in [0.5, 0.6) is 0 Å². The Labute approximate surface area is 132 Å². The van der Waals surface area contributed by atoms with E-state index < -0.39 is 29.0 Å². The topological polar surface area (TPSA) is 9.23 Å². The minimum atomic E-state index is -1.06. The molecule has 4 atom stereocenters. The molecule has 0 rings (SSSR count). The van der Waals surface area contributed by atoms with Crippen molar-refractivity contribution in [2.24, 2.45) is 0 Å². The van der Waals surface area contributed by atoms with Crippen LogP contribution in [-0.2, 0) is 2.84 Å². The minimum absolute atomic E-state index is 0.832. The lowest BCUT2D eigenvalue weighted by molar-refractivity contribution is 0.490. The van der Waals surface area contributed by atoms with Gasteiger partial charge in [-0.15, -0.1) is 0 Å². The number of rotatable bonds is 10. The summed E-state index contributed by atoms with van der Waals surface area (Å²) in [5.74, 6) is 0. The summed E-state index contributed by atoms with van der Waals surface area (Å²) in [6.07, 6.45) is 5.18. The van der Waals surface area contributed by atoms with Crippen molar-refractivity contribution >= 4 is 29.0 Å². The van der Waals surface area contributed by atoms with E-state index in [1.807, 2.05) is 0 Å². The second kappa shape index (κ2) is 10.7. The monoisotopic (exact) mass is 298 g/mol. The summed E-state index contributed by atoms with van der Waals surface area (Å²) in [5, 5.41) is 0. The zero-order valence-corrected chi connectivity index (χ0v) is 17.0. The first kappa shape index (κ1) is 20.0. The minimum Gasteiger partial charge on any atom is -0.636 e. The van der Waals surface area contributed by atoms with Crippen LogP contribution in [0.15, 0.2) is 0 Å². The molecule has 0 aliphatic carbocycles. The molecule has 0 aromatic rings. The maximum absolute atomic E-state index is 6.94. The molecule has 0 aliphatic rings. The van der Waals surface area contributed by atoms with Crippen molar-refractivity contribution in [2.45, 2.75) is 100 Å². The molecule has 0 heterocycles. The van der Waals surface area contributed by atoms with Gasteiger partial charge in [0.1, 0.15) is 0 Å². The van der Waals surface area contributed by atoms with Crippen LogP contribution < -0.4 is 0 Å². The smallest absolute Gasteiger partial charge is 0.436 e. The average Bonchev–Trinajstić information content (AvgIpc) is 2.45. The van der Waals surface area contributed by atoms with Crippen LogP contribution in [-0.4, -0.2) is 29.0 Å². The van der Waals surface area contributed by atoms with Gasteiger partial charge < -0.3 is 2.84 Å². The van der Waals surface area contributed by atoms with Crippen LogP contribution in [0.2, 0.25) is 19.1 Å². The summed E-state index contributed by atoms with van der Waals surface area (Å²) in [4.78, 5) is 0. The molecule has 19 heavy (non-hydrogen) atoms. The van der Waals surface area contributed by atoms with Gasteiger partial charge in [0.2, 0.25) is 0 Å². The Morgan fingerprint density at radius 2 is 0.789 bits per heavy atom. The van der Waals surface area contributed by atoms with E-state index >= 15 is 0 Å². The summed E-state index contributed by atoms with van der Waals surface area (Å²) in [6, 6.07) is 0. The highest BCUT2D eigenvalue weighted by Gasteiger charge is 2.40. The van der Waals surface area contributed by atoms with E-state index in [4.69, 9.17) is 2.84 Å². The molecule has 0 aliphatic heterocycles. The van der Waals surface area contributed by atoms with E-state index in [0.29, 0.717) is 0 Å². The molecule has 0 fully saturated rings. The van der Waals surface area contributed by atoms with E-state index in [1.165, 1.54) is 25.7 Å². The Balaban J connectivity index is 4.91. The zero-order valence-electron chi connectivity index (χ0n) is 14.7. The molecule has 0 saturated heterocycles. The summed E-state index contributed by atoms with van der Waals surface area (Å²) >= 11 is -2.12. The lowest BCUT2D eigenvalue weighted by atomic mass is 10.3. The summed E-state index contributed by atoms with van der Waals surface area (Å²) < 4.78 is 10.3. The van der Waals surface area contributed by atoms with Gasteiger partial charge in [0.05, 0.1) is 0 Å². The molecule has 0 bridgehead atoms. The predicted molar refractivity (Wildman–Crippen MR) is 91.5 cm³/mol. The molecule has 1 nitrogen and oxygen atoms in total. The van der Waals surface area contributed by atoms with Crippen LogP contribution in [0.1, 0.15) is 81.1 Å². The SMILES string of the molecule is CC[CH](C)[Al]([O][Al]([CH](C)CC)[CH](C)CC)[CH](C)CC. The van der Waals surface area contributed by atoms with Crippen molar-refractivity contribution in [1.29, 1.82) is 0 Å². The van der Waals surface area contributed by atoms with Gasteiger partial charge in [-0.3, -0.25) is 0 Å². The van der Waals surface area contributed by atoms with Crippen molar-refractivity contribution in [3.63, 3.8) is 0 Å². The Hall–Kier alpha value is 1.02. The van der Waals surface area contributed by atoms with Crippen LogP contribution in [0, 0.1) is 0 Å². The summed E-state index contributed by atoms with van der Waals surface area (Å²) in [5.41, 5.74) is 0. The number of hydrogen-bond donors (Lipinski definition) is 0. The first-order chi connectivity index (χ1) is 8.92. The Morgan fingerprint density at radius 1 is 0.579 bits per heavy atom. The molecule has 0 N–H and O–H groups in total. The molecule has 0 aromatic heterocycles. The van der Waals surface area contributed by atoms with Crippen LogP contribution in [0.3, 0.4) is 0 Å². The quantitative estimate of drug-likeness (QED) is 0.437. The van der Waals surface area contributed by atoms with Gasteiger partial charge in [0.25, 0.3) is 0 Å². The standard InChI is InChI=1S/4C4H9.2Al.O/c4*1-3-4-2;;;/h4*3H,4H2,1-2H3;;;. The highest BCUT2D eigenvalue weighted by Crippen LogP contribution is 2.34. The van der Waals surface area contributed by atoms with Gasteiger partial charge in [0, 0.05) is 0 Å². The Bertz CT molecular complexity index is 181. The third-order valence-electron chi connectivity index (χ3n) is 5.13. The van der Waals surface area contributed by atoms with Gasteiger partial charge in [-0.1, -0.05) is 100 Å². The molecule has 3 heteroatoms. The van der Waals surface area contributed by atoms with Gasteiger partial charge in [-0.05, 0) is 0 Å². The number of hydrogen-bond acceptors (Lipinski definition) is 1. The third-order valence-corrected chi connectivity index (χ3v) is 14.0. The van der Waals surface area contributed by atoms with Crippen LogP contribution >= 0.6 is 0 Å². The van der Waals surface area contributed by atoms with Crippen LogP contribution in [0.25, 0.3) is 0 Å². The lowest BCUT2D eigenvalue weighted by Crippen LogP contribution is -2.39. The Morgan fingerprint density at radius 3 is 0.947 bits per heavy atom. The van der Waals surface area contributed by atoms with E-state index in [1.54, 1.807) is 0 Å². The van der Waals surface area contributed by atoms with Gasteiger partial charge >= 0.3 is 29.0 Å². The van der Waals surface area contributed by atoms with Crippen molar-refractivity contribution in [1.82, 2.24) is 0 Å². The lowest BCUT2D eigenvalue weighted by Gasteiger charge is -2.32. The molecule has 0 spiro atoms. The second-order valence-corrected chi connectivity index (χ2v) is 14.1. The van der Waals surface area contributed by atoms with Crippen molar-refractivity contribution in [3.05, 3.63) is 0 Å². The maximum Gasteiger partial charge on any atom is 0.436 e. The van der Waals surface area contributed by atoms with Crippen molar-refractivity contribution in [3.8, 4) is 0 Å². The molecule has 0 saturated carbocycles. The molecule has 4 unspecified atom stereocenters. The largest absolute Gasteiger partial charge is 0.636 e. The predicted octanol–water partition coefficient (Wildman–Crippen LogP) is 6.19. The molecule has 0 radical (unpaired) electrons. The molecule has 0 aromatic carbocycles. The van der Waals surface area contributed by atoms with E-state index in [9.17, 15) is 0 Å². The van der Waals surface area contributed by atoms with Crippen LogP contribution in [0.4, 0.5) is 0 Å². The van der Waals surface area contributed by atoms with Crippen molar-refractivity contribution < 1.29 is 2.84 Å². The summed E-state index contributed by atoms with van der Waals surface area (Å²) in [6.45, 7) is 19.1. The van der Waals surface area contributed by atoms with E-state index in [-0.39, 0.29) is 0 Å². The molecule has 0 amide bonds. The van der Waals surface area contributed by atoms with Gasteiger partial charge in [-0.2, -0.15) is 0 Å².